The average Bonchev–Trinajstić information content (AvgIpc) is 3.46. The summed E-state index contributed by atoms with van der Waals surface area (Å²) in [5, 5.41) is 26.6. The van der Waals surface area contributed by atoms with Crippen LogP contribution in [0.15, 0.2) is 36.8 Å². The molecule has 36 heavy (non-hydrogen) atoms. The van der Waals surface area contributed by atoms with Crippen molar-refractivity contribution in [2.45, 2.75) is 50.0 Å². The van der Waals surface area contributed by atoms with Crippen molar-refractivity contribution in [3.05, 3.63) is 47.6 Å². The molecule has 0 amide bonds. The Labute approximate surface area is 208 Å². The predicted molar refractivity (Wildman–Crippen MR) is 126 cm³/mol. The van der Waals surface area contributed by atoms with Gasteiger partial charge in [-0.1, -0.05) is 18.0 Å². The lowest BCUT2D eigenvalue weighted by molar-refractivity contribution is -0.216. The van der Waals surface area contributed by atoms with E-state index in [1.165, 1.54) is 10.8 Å². The summed E-state index contributed by atoms with van der Waals surface area (Å²) in [6, 6.07) is 5.39. The van der Waals surface area contributed by atoms with Crippen LogP contribution in [-0.4, -0.2) is 51.5 Å². The fourth-order valence-electron chi connectivity index (χ4n) is 5.03. The maximum Gasteiger partial charge on any atom is 0.401 e. The van der Waals surface area contributed by atoms with Gasteiger partial charge in [0.05, 0.1) is 36.1 Å². The van der Waals surface area contributed by atoms with Crippen molar-refractivity contribution >= 4 is 23.2 Å². The van der Waals surface area contributed by atoms with E-state index in [1.54, 1.807) is 46.9 Å². The van der Waals surface area contributed by atoms with Gasteiger partial charge in [-0.25, -0.2) is 4.98 Å². The Morgan fingerprint density at radius 2 is 2.00 bits per heavy atom. The minimum atomic E-state index is -4.44. The summed E-state index contributed by atoms with van der Waals surface area (Å²) in [5.41, 5.74) is -0.0807. The Hall–Kier alpha value is -3.38. The number of aliphatic hydroxyl groups excluding tert-OH is 1. The molecule has 13 heteroatoms. The zero-order valence-corrected chi connectivity index (χ0v) is 19.9. The summed E-state index contributed by atoms with van der Waals surface area (Å²) in [6.45, 7) is 0.182. The molecule has 1 fully saturated rings. The van der Waals surface area contributed by atoms with Crippen molar-refractivity contribution in [3.63, 3.8) is 0 Å². The molecule has 0 unspecified atom stereocenters. The Kier molecular flexibility index (Phi) is 5.16. The summed E-state index contributed by atoms with van der Waals surface area (Å²) in [4.78, 5) is 4.33. The third-order valence-corrected chi connectivity index (χ3v) is 7.40. The second-order valence-corrected chi connectivity index (χ2v) is 9.73. The van der Waals surface area contributed by atoms with E-state index in [0.717, 1.165) is 5.82 Å². The highest BCUT2D eigenvalue weighted by molar-refractivity contribution is 6.33. The van der Waals surface area contributed by atoms with Gasteiger partial charge in [0, 0.05) is 36.6 Å². The van der Waals surface area contributed by atoms with Crippen molar-refractivity contribution in [2.75, 3.05) is 5.32 Å². The molecular formula is C23H22ClF3N8O. The van der Waals surface area contributed by atoms with E-state index in [-0.39, 0.29) is 31.8 Å². The maximum absolute atomic E-state index is 14.1. The highest BCUT2D eigenvalue weighted by Gasteiger charge is 2.62. The summed E-state index contributed by atoms with van der Waals surface area (Å²) in [7, 11) is 1.80. The quantitative estimate of drug-likeness (QED) is 0.418. The molecule has 2 aliphatic rings. The number of nitrogens with one attached hydrogen (secondary N) is 1. The van der Waals surface area contributed by atoms with E-state index in [2.05, 4.69) is 25.6 Å². The number of aryl methyl sites for hydroxylation is 1. The number of pyridine rings is 1. The molecule has 2 N–H and O–H groups in total. The molecule has 4 aromatic rings. The molecule has 0 saturated heterocycles. The summed E-state index contributed by atoms with van der Waals surface area (Å²) < 4.78 is 47.1. The van der Waals surface area contributed by atoms with Gasteiger partial charge in [-0.05, 0) is 25.0 Å². The maximum atomic E-state index is 14.1. The van der Waals surface area contributed by atoms with Crippen LogP contribution in [0, 0.1) is 0 Å². The third-order valence-electron chi connectivity index (χ3n) is 7.10. The zero-order valence-electron chi connectivity index (χ0n) is 19.2. The summed E-state index contributed by atoms with van der Waals surface area (Å²) in [5.74, 6) is 1.45. The second-order valence-electron chi connectivity index (χ2n) is 9.33. The topological polar surface area (TPSA) is 98.6 Å². The van der Waals surface area contributed by atoms with Gasteiger partial charge in [0.15, 0.2) is 5.82 Å². The third kappa shape index (κ3) is 3.50. The predicted octanol–water partition coefficient (Wildman–Crippen LogP) is 4.30. The fourth-order valence-corrected chi connectivity index (χ4v) is 5.24. The first kappa shape index (κ1) is 23.0. The zero-order chi connectivity index (χ0) is 25.2. The number of rotatable bonds is 4. The van der Waals surface area contributed by atoms with E-state index in [4.69, 9.17) is 11.6 Å². The van der Waals surface area contributed by atoms with E-state index in [9.17, 15) is 18.3 Å². The number of fused-ring (bicyclic) bond motifs is 3. The lowest BCUT2D eigenvalue weighted by Gasteiger charge is -2.42. The standard InChI is InChI=1S/C23H22ClF3N8O/c1-33-19(3-6-29-33)30-18-8-15(16(24)9-28-18)13-7-17-20-31-32-21(22(4-2-5-22)23(25,26)27)35(20)12-14(36)11-34(17)10-13/h3,6-10,14,36H,2,4-5,11-12H2,1H3,(H,28,30)/t14-/m1/s1. The normalized spacial score (nSPS) is 18.8. The van der Waals surface area contributed by atoms with E-state index in [0.29, 0.717) is 39.9 Å². The van der Waals surface area contributed by atoms with Crippen LogP contribution in [0.3, 0.4) is 0 Å². The summed E-state index contributed by atoms with van der Waals surface area (Å²) in [6.07, 6.45) is 0.0403. The number of anilines is 2. The molecule has 5 heterocycles. The van der Waals surface area contributed by atoms with E-state index >= 15 is 0 Å². The first-order valence-corrected chi connectivity index (χ1v) is 11.8. The van der Waals surface area contributed by atoms with Crippen LogP contribution in [0.25, 0.3) is 22.6 Å². The molecule has 188 valence electrons. The molecule has 6 rings (SSSR count). The Morgan fingerprint density at radius 3 is 2.67 bits per heavy atom. The largest absolute Gasteiger partial charge is 0.401 e. The monoisotopic (exact) mass is 518 g/mol. The Bertz CT molecular complexity index is 1450. The van der Waals surface area contributed by atoms with Gasteiger partial charge in [-0.3, -0.25) is 4.68 Å². The highest BCUT2D eigenvalue weighted by Crippen LogP contribution is 2.54. The minimum absolute atomic E-state index is 0.0126. The van der Waals surface area contributed by atoms with Crippen LogP contribution >= 0.6 is 11.6 Å². The van der Waals surface area contributed by atoms with Crippen molar-refractivity contribution in [3.8, 4) is 22.6 Å². The molecule has 0 spiro atoms. The highest BCUT2D eigenvalue weighted by atomic mass is 35.5. The second kappa shape index (κ2) is 8.07. The van der Waals surface area contributed by atoms with Gasteiger partial charge < -0.3 is 19.6 Å². The van der Waals surface area contributed by atoms with E-state index < -0.39 is 17.7 Å². The number of hydrogen-bond donors (Lipinski definition) is 2. The van der Waals surface area contributed by atoms with Gasteiger partial charge in [-0.2, -0.15) is 18.3 Å². The van der Waals surface area contributed by atoms with Crippen LogP contribution in [0.2, 0.25) is 5.02 Å². The number of halogens is 4. The van der Waals surface area contributed by atoms with Gasteiger partial charge in [0.1, 0.15) is 22.9 Å². The van der Waals surface area contributed by atoms with Crippen LogP contribution in [0.4, 0.5) is 24.8 Å². The van der Waals surface area contributed by atoms with Crippen molar-refractivity contribution < 1.29 is 18.3 Å². The lowest BCUT2D eigenvalue weighted by Crippen LogP contribution is -2.50. The van der Waals surface area contributed by atoms with E-state index in [1.807, 2.05) is 0 Å². The molecule has 1 atom stereocenters. The number of alkyl halides is 3. The molecule has 4 aromatic heterocycles. The molecule has 1 aliphatic carbocycles. The van der Waals surface area contributed by atoms with Crippen molar-refractivity contribution in [2.24, 2.45) is 7.05 Å². The SMILES string of the molecule is Cn1nccc1Nc1cc(-c2cc3n(c2)C[C@@H](O)Cn2c-3nnc2C2(C(F)(F)F)CCC2)c(Cl)cn1. The first-order valence-electron chi connectivity index (χ1n) is 11.5. The average molecular weight is 519 g/mol. The Balaban J connectivity index is 1.42. The number of aromatic nitrogens is 7. The van der Waals surface area contributed by atoms with Crippen molar-refractivity contribution in [1.29, 1.82) is 0 Å². The van der Waals surface area contributed by atoms with Crippen LogP contribution < -0.4 is 5.32 Å². The molecule has 1 saturated carbocycles. The van der Waals surface area contributed by atoms with Gasteiger partial charge in [0.25, 0.3) is 0 Å². The lowest BCUT2D eigenvalue weighted by atomic mass is 9.67. The van der Waals surface area contributed by atoms with Crippen molar-refractivity contribution in [1.82, 2.24) is 34.1 Å². The molecule has 9 nitrogen and oxygen atoms in total. The van der Waals surface area contributed by atoms with Crippen LogP contribution in [0.5, 0.6) is 0 Å². The smallest absolute Gasteiger partial charge is 0.389 e. The minimum Gasteiger partial charge on any atom is -0.389 e. The molecular weight excluding hydrogens is 497 g/mol. The molecule has 0 radical (unpaired) electrons. The van der Waals surface area contributed by atoms with Crippen LogP contribution in [-0.2, 0) is 25.6 Å². The van der Waals surface area contributed by atoms with Crippen LogP contribution in [0.1, 0.15) is 25.1 Å². The van der Waals surface area contributed by atoms with Gasteiger partial charge >= 0.3 is 6.18 Å². The number of hydrogen-bond acceptors (Lipinski definition) is 6. The van der Waals surface area contributed by atoms with Gasteiger partial charge in [-0.15, -0.1) is 10.2 Å². The number of aliphatic hydroxyl groups is 1. The van der Waals surface area contributed by atoms with Gasteiger partial charge in [0.2, 0.25) is 0 Å². The Morgan fingerprint density at radius 1 is 1.19 bits per heavy atom. The molecule has 0 bridgehead atoms. The number of nitrogens with zero attached hydrogens (tertiary/aromatic N) is 7. The molecule has 0 aromatic carbocycles. The first-order chi connectivity index (χ1) is 17.2. The fraction of sp³-hybridized carbons (Fsp3) is 0.391. The molecule has 1 aliphatic heterocycles. The summed E-state index contributed by atoms with van der Waals surface area (Å²) >= 11 is 6.48.